The second-order valence-electron chi connectivity index (χ2n) is 4.24. The summed E-state index contributed by atoms with van der Waals surface area (Å²) in [6, 6.07) is 15.6. The maximum absolute atomic E-state index is 11.4. The summed E-state index contributed by atoms with van der Waals surface area (Å²) in [5, 5.41) is 9.98. The molecule has 0 aliphatic carbocycles. The quantitative estimate of drug-likeness (QED) is 0.773. The first-order chi connectivity index (χ1) is 9.75. The Morgan fingerprint density at radius 2 is 1.50 bits per heavy atom. The van der Waals surface area contributed by atoms with Gasteiger partial charge in [0.25, 0.3) is 5.56 Å². The van der Waals surface area contributed by atoms with Crippen LogP contribution in [0, 0.1) is 0 Å². The zero-order valence-electron chi connectivity index (χ0n) is 10.5. The number of nitrogens with zero attached hydrogens (tertiary/aromatic N) is 1. The Hall–Kier alpha value is -2.88. The Morgan fingerprint density at radius 3 is 2.20 bits per heavy atom. The lowest BCUT2D eigenvalue weighted by atomic mass is 9.99. The van der Waals surface area contributed by atoms with E-state index in [1.165, 1.54) is 12.3 Å². The van der Waals surface area contributed by atoms with E-state index in [-0.39, 0.29) is 17.2 Å². The van der Waals surface area contributed by atoms with Crippen LogP contribution in [-0.2, 0) is 0 Å². The summed E-state index contributed by atoms with van der Waals surface area (Å²) in [6.07, 6.45) is 1.31. The van der Waals surface area contributed by atoms with Crippen molar-refractivity contribution in [3.05, 3.63) is 71.2 Å². The fourth-order valence-electron chi connectivity index (χ4n) is 2.05. The van der Waals surface area contributed by atoms with Gasteiger partial charge in [-0.2, -0.15) is 4.98 Å². The molecule has 4 nitrogen and oxygen atoms in total. The number of phenols is 1. The van der Waals surface area contributed by atoms with E-state index in [0.29, 0.717) is 11.1 Å². The Kier molecular flexibility index (Phi) is 3.05. The lowest BCUT2D eigenvalue weighted by Crippen LogP contribution is -2.03. The van der Waals surface area contributed by atoms with Crippen LogP contribution < -0.4 is 5.56 Å². The van der Waals surface area contributed by atoms with Crippen LogP contribution in [0.2, 0.25) is 0 Å². The minimum Gasteiger partial charge on any atom is -0.507 e. The molecule has 0 aliphatic rings. The molecule has 2 aromatic carbocycles. The minimum atomic E-state index is -0.363. The van der Waals surface area contributed by atoms with Crippen molar-refractivity contribution in [1.29, 1.82) is 0 Å². The van der Waals surface area contributed by atoms with Crippen molar-refractivity contribution in [2.45, 2.75) is 0 Å². The Balaban J connectivity index is 2.24. The summed E-state index contributed by atoms with van der Waals surface area (Å²) in [4.78, 5) is 15.2. The van der Waals surface area contributed by atoms with E-state index < -0.39 is 0 Å². The predicted octanol–water partition coefficient (Wildman–Crippen LogP) is 3.07. The molecule has 4 heteroatoms. The first-order valence-corrected chi connectivity index (χ1v) is 6.09. The van der Waals surface area contributed by atoms with Crippen LogP contribution in [0.1, 0.15) is 0 Å². The first kappa shape index (κ1) is 12.2. The number of aromatic nitrogens is 1. The topological polar surface area (TPSA) is 63.3 Å². The third-order valence-corrected chi connectivity index (χ3v) is 2.95. The minimum absolute atomic E-state index is 0.165. The zero-order chi connectivity index (χ0) is 13.9. The number of hydrogen-bond acceptors (Lipinski definition) is 4. The van der Waals surface area contributed by atoms with Crippen LogP contribution in [-0.4, -0.2) is 10.1 Å². The van der Waals surface area contributed by atoms with Crippen LogP contribution in [0.4, 0.5) is 0 Å². The van der Waals surface area contributed by atoms with Crippen molar-refractivity contribution in [3.8, 4) is 28.3 Å². The van der Waals surface area contributed by atoms with Gasteiger partial charge in [0.05, 0.1) is 6.26 Å². The van der Waals surface area contributed by atoms with Crippen molar-refractivity contribution >= 4 is 0 Å². The molecule has 3 aromatic rings. The number of para-hydroxylation sites is 1. The highest BCUT2D eigenvalue weighted by molar-refractivity contribution is 5.82. The highest BCUT2D eigenvalue weighted by Crippen LogP contribution is 2.35. The molecule has 0 atom stereocenters. The molecule has 1 N–H and O–H groups in total. The zero-order valence-corrected chi connectivity index (χ0v) is 10.5. The largest absolute Gasteiger partial charge is 0.507 e. The molecule has 20 heavy (non-hydrogen) atoms. The summed E-state index contributed by atoms with van der Waals surface area (Å²) < 4.78 is 5.30. The second kappa shape index (κ2) is 5.01. The normalized spacial score (nSPS) is 10.4. The molecule has 0 saturated carbocycles. The molecule has 0 amide bonds. The van der Waals surface area contributed by atoms with Crippen molar-refractivity contribution < 1.29 is 9.52 Å². The first-order valence-electron chi connectivity index (χ1n) is 6.09. The van der Waals surface area contributed by atoms with E-state index >= 15 is 0 Å². The van der Waals surface area contributed by atoms with Gasteiger partial charge >= 0.3 is 0 Å². The molecule has 1 heterocycles. The molecule has 98 valence electrons. The van der Waals surface area contributed by atoms with E-state index in [2.05, 4.69) is 4.98 Å². The lowest BCUT2D eigenvalue weighted by Gasteiger charge is -2.09. The molecule has 0 radical (unpaired) electrons. The van der Waals surface area contributed by atoms with Gasteiger partial charge in [-0.25, -0.2) is 0 Å². The van der Waals surface area contributed by atoms with Gasteiger partial charge in [0.1, 0.15) is 5.75 Å². The van der Waals surface area contributed by atoms with Gasteiger partial charge < -0.3 is 9.52 Å². The van der Waals surface area contributed by atoms with Crippen molar-refractivity contribution in [2.75, 3.05) is 0 Å². The molecular weight excluding hydrogens is 254 g/mol. The van der Waals surface area contributed by atoms with Crippen LogP contribution in [0.5, 0.6) is 5.75 Å². The van der Waals surface area contributed by atoms with Crippen molar-refractivity contribution in [2.24, 2.45) is 0 Å². The fourth-order valence-corrected chi connectivity index (χ4v) is 2.05. The van der Waals surface area contributed by atoms with Gasteiger partial charge in [-0.05, 0) is 17.7 Å². The van der Waals surface area contributed by atoms with Gasteiger partial charge in [-0.1, -0.05) is 36.4 Å². The van der Waals surface area contributed by atoms with Gasteiger partial charge in [-0.3, -0.25) is 4.79 Å². The number of benzene rings is 2. The average Bonchev–Trinajstić information content (AvgIpc) is 2.48. The summed E-state index contributed by atoms with van der Waals surface area (Å²) in [5.74, 6) is 0.398. The molecule has 0 saturated heterocycles. The van der Waals surface area contributed by atoms with Crippen LogP contribution in [0.15, 0.2) is 70.1 Å². The van der Waals surface area contributed by atoms with E-state index in [4.69, 9.17) is 4.42 Å². The molecule has 3 rings (SSSR count). The standard InChI is InChI=1S/C16H11NO3/c18-14-8-4-3-6-12(14)11-5-1-2-7-13(11)16-17-15(19)9-10-20-16/h1-10,18H. The smallest absolute Gasteiger partial charge is 0.276 e. The highest BCUT2D eigenvalue weighted by atomic mass is 16.3. The predicted molar refractivity (Wildman–Crippen MR) is 75.3 cm³/mol. The van der Waals surface area contributed by atoms with E-state index in [1.54, 1.807) is 24.3 Å². The maximum atomic E-state index is 11.4. The van der Waals surface area contributed by atoms with Crippen LogP contribution >= 0.6 is 0 Å². The van der Waals surface area contributed by atoms with Crippen molar-refractivity contribution in [1.82, 2.24) is 4.98 Å². The molecule has 0 spiro atoms. The third-order valence-electron chi connectivity index (χ3n) is 2.95. The molecular formula is C16H11NO3. The number of aromatic hydroxyl groups is 1. The van der Waals surface area contributed by atoms with E-state index in [1.807, 2.05) is 24.3 Å². The maximum Gasteiger partial charge on any atom is 0.276 e. The van der Waals surface area contributed by atoms with Gasteiger partial charge in [0, 0.05) is 17.2 Å². The molecule has 1 aromatic heterocycles. The highest BCUT2D eigenvalue weighted by Gasteiger charge is 2.12. The average molecular weight is 265 g/mol. The summed E-state index contributed by atoms with van der Waals surface area (Å²) >= 11 is 0. The Morgan fingerprint density at radius 1 is 0.850 bits per heavy atom. The van der Waals surface area contributed by atoms with E-state index in [0.717, 1.165) is 5.56 Å². The molecule has 0 aliphatic heterocycles. The monoisotopic (exact) mass is 265 g/mol. The van der Waals surface area contributed by atoms with Crippen molar-refractivity contribution in [3.63, 3.8) is 0 Å². The molecule has 0 fully saturated rings. The van der Waals surface area contributed by atoms with E-state index in [9.17, 15) is 9.90 Å². The lowest BCUT2D eigenvalue weighted by molar-refractivity contribution is 0.477. The second-order valence-corrected chi connectivity index (χ2v) is 4.24. The third kappa shape index (κ3) is 2.19. The molecule has 0 unspecified atom stereocenters. The van der Waals surface area contributed by atoms with Crippen LogP contribution in [0.3, 0.4) is 0 Å². The van der Waals surface area contributed by atoms with Crippen LogP contribution in [0.25, 0.3) is 22.6 Å². The van der Waals surface area contributed by atoms with Gasteiger partial charge in [0.2, 0.25) is 5.89 Å². The number of phenolic OH excluding ortho intramolecular Hbond substituents is 1. The fraction of sp³-hybridized carbons (Fsp3) is 0. The van der Waals surface area contributed by atoms with Gasteiger partial charge in [-0.15, -0.1) is 0 Å². The molecule has 0 bridgehead atoms. The Labute approximate surface area is 115 Å². The SMILES string of the molecule is O=c1ccoc(-c2ccccc2-c2ccccc2O)n1. The number of rotatable bonds is 2. The summed E-state index contributed by atoms with van der Waals surface area (Å²) in [6.45, 7) is 0. The Bertz CT molecular complexity index is 808. The summed E-state index contributed by atoms with van der Waals surface area (Å²) in [7, 11) is 0. The van der Waals surface area contributed by atoms with Gasteiger partial charge in [0.15, 0.2) is 0 Å². The number of hydrogen-bond donors (Lipinski definition) is 1. The summed E-state index contributed by atoms with van der Waals surface area (Å²) in [5.41, 5.74) is 1.72.